The first kappa shape index (κ1) is 15.1. The zero-order chi connectivity index (χ0) is 15.6. The summed E-state index contributed by atoms with van der Waals surface area (Å²) in [5.41, 5.74) is 6.59. The van der Waals surface area contributed by atoms with Gasteiger partial charge in [0, 0.05) is 23.2 Å². The first-order chi connectivity index (χ1) is 9.99. The molecule has 0 radical (unpaired) electrons. The molecule has 1 unspecified atom stereocenters. The average Bonchev–Trinajstić information content (AvgIpc) is 2.82. The van der Waals surface area contributed by atoms with Crippen LogP contribution in [0.5, 0.6) is 5.75 Å². The van der Waals surface area contributed by atoms with Crippen molar-refractivity contribution in [3.8, 4) is 11.8 Å². The number of hydrogen-bond donors (Lipinski definition) is 1. The summed E-state index contributed by atoms with van der Waals surface area (Å²) in [6, 6.07) is 7.47. The molecule has 0 aliphatic carbocycles. The van der Waals surface area contributed by atoms with Gasteiger partial charge >= 0.3 is 0 Å². The normalized spacial score (nSPS) is 11.9. The minimum atomic E-state index is -0.157. The quantitative estimate of drug-likeness (QED) is 0.942. The molecule has 0 saturated heterocycles. The average molecular weight is 303 g/mol. The molecule has 0 aliphatic rings. The summed E-state index contributed by atoms with van der Waals surface area (Å²) >= 11 is 1.35. The Morgan fingerprint density at radius 2 is 2.29 bits per heavy atom. The molecule has 0 saturated carbocycles. The fraction of sp³-hybridized carbons (Fsp3) is 0.333. The van der Waals surface area contributed by atoms with Crippen LogP contribution < -0.4 is 10.5 Å². The van der Waals surface area contributed by atoms with E-state index in [1.807, 2.05) is 25.1 Å². The molecular weight excluding hydrogens is 286 g/mol. The van der Waals surface area contributed by atoms with E-state index in [0.29, 0.717) is 17.0 Å². The van der Waals surface area contributed by atoms with Crippen LogP contribution in [0.2, 0.25) is 0 Å². The summed E-state index contributed by atoms with van der Waals surface area (Å²) in [6.07, 6.45) is 0.293. The van der Waals surface area contributed by atoms with Crippen LogP contribution in [0.25, 0.3) is 10.1 Å². The summed E-state index contributed by atoms with van der Waals surface area (Å²) < 4.78 is 6.10. The Morgan fingerprint density at radius 1 is 1.57 bits per heavy atom. The standard InChI is InChI=1S/C15H17N3O2S/c1-9(6-7-16)18(2)15(19)14-13(17)11-5-4-10(20-3)8-12(11)21-14/h4-5,8-9H,6,17H2,1-3H3. The van der Waals surface area contributed by atoms with Gasteiger partial charge in [-0.25, -0.2) is 0 Å². The van der Waals surface area contributed by atoms with Gasteiger partial charge in [0.2, 0.25) is 0 Å². The SMILES string of the molecule is COc1ccc2c(N)c(C(=O)N(C)C(C)CC#N)sc2c1. The number of methoxy groups -OCH3 is 1. The highest BCUT2D eigenvalue weighted by Crippen LogP contribution is 2.36. The number of rotatable bonds is 4. The molecule has 2 rings (SSSR count). The van der Waals surface area contributed by atoms with Crippen LogP contribution in [0, 0.1) is 11.3 Å². The molecule has 1 aromatic carbocycles. The van der Waals surface area contributed by atoms with Crippen molar-refractivity contribution in [2.45, 2.75) is 19.4 Å². The van der Waals surface area contributed by atoms with Crippen LogP contribution in [-0.2, 0) is 0 Å². The molecule has 0 bridgehead atoms. The third-order valence-corrected chi connectivity index (χ3v) is 4.65. The van der Waals surface area contributed by atoms with Crippen molar-refractivity contribution in [3.63, 3.8) is 0 Å². The number of amides is 1. The summed E-state index contributed by atoms with van der Waals surface area (Å²) in [7, 11) is 3.29. The van der Waals surface area contributed by atoms with Crippen LogP contribution >= 0.6 is 11.3 Å². The number of fused-ring (bicyclic) bond motifs is 1. The number of ether oxygens (including phenoxy) is 1. The number of carbonyl (C=O) groups is 1. The van der Waals surface area contributed by atoms with Crippen molar-refractivity contribution in [1.82, 2.24) is 4.90 Å². The van der Waals surface area contributed by atoms with Crippen molar-refractivity contribution >= 4 is 33.0 Å². The van der Waals surface area contributed by atoms with Crippen LogP contribution in [0.3, 0.4) is 0 Å². The Morgan fingerprint density at radius 3 is 2.90 bits per heavy atom. The van der Waals surface area contributed by atoms with E-state index in [2.05, 4.69) is 6.07 Å². The lowest BCUT2D eigenvalue weighted by atomic mass is 10.2. The smallest absolute Gasteiger partial charge is 0.266 e. The van der Waals surface area contributed by atoms with Gasteiger partial charge in [0.25, 0.3) is 5.91 Å². The molecule has 5 nitrogen and oxygen atoms in total. The molecule has 0 aliphatic heterocycles. The number of hydrogen-bond acceptors (Lipinski definition) is 5. The number of benzene rings is 1. The van der Waals surface area contributed by atoms with Gasteiger partial charge in [-0.15, -0.1) is 11.3 Å². The van der Waals surface area contributed by atoms with E-state index in [1.54, 1.807) is 19.1 Å². The Hall–Kier alpha value is -2.26. The summed E-state index contributed by atoms with van der Waals surface area (Å²) in [5.74, 6) is 0.573. The predicted octanol–water partition coefficient (Wildman–Crippen LogP) is 2.87. The molecule has 1 heterocycles. The first-order valence-electron chi connectivity index (χ1n) is 6.49. The maximum absolute atomic E-state index is 12.5. The molecular formula is C15H17N3O2S. The predicted molar refractivity (Wildman–Crippen MR) is 84.6 cm³/mol. The monoisotopic (exact) mass is 303 g/mol. The van der Waals surface area contributed by atoms with Gasteiger partial charge in [0.1, 0.15) is 10.6 Å². The minimum Gasteiger partial charge on any atom is -0.497 e. The molecule has 2 N–H and O–H groups in total. The van der Waals surface area contributed by atoms with Crippen LogP contribution in [0.4, 0.5) is 5.69 Å². The molecule has 21 heavy (non-hydrogen) atoms. The molecule has 2 aromatic rings. The molecule has 0 fully saturated rings. The lowest BCUT2D eigenvalue weighted by Gasteiger charge is -2.22. The fourth-order valence-electron chi connectivity index (χ4n) is 2.01. The Bertz CT molecular complexity index is 718. The van der Waals surface area contributed by atoms with Crippen LogP contribution in [-0.4, -0.2) is 31.0 Å². The highest BCUT2D eigenvalue weighted by atomic mass is 32.1. The van der Waals surface area contributed by atoms with E-state index >= 15 is 0 Å². The van der Waals surface area contributed by atoms with Gasteiger partial charge in [0.15, 0.2) is 0 Å². The van der Waals surface area contributed by atoms with Crippen LogP contribution in [0.1, 0.15) is 23.0 Å². The number of thiophene rings is 1. The van der Waals surface area contributed by atoms with Gasteiger partial charge in [-0.3, -0.25) is 4.79 Å². The van der Waals surface area contributed by atoms with E-state index in [9.17, 15) is 4.79 Å². The first-order valence-corrected chi connectivity index (χ1v) is 7.31. The van der Waals surface area contributed by atoms with E-state index in [1.165, 1.54) is 11.3 Å². The molecule has 1 aromatic heterocycles. The number of carbonyl (C=O) groups excluding carboxylic acids is 1. The van der Waals surface area contributed by atoms with Crippen molar-refractivity contribution in [2.24, 2.45) is 0 Å². The Labute approximate surface area is 127 Å². The molecule has 1 amide bonds. The zero-order valence-electron chi connectivity index (χ0n) is 12.2. The van der Waals surface area contributed by atoms with Crippen LogP contribution in [0.15, 0.2) is 18.2 Å². The largest absolute Gasteiger partial charge is 0.497 e. The number of nitriles is 1. The number of nitrogen functional groups attached to an aromatic ring is 1. The minimum absolute atomic E-state index is 0.151. The number of nitrogens with two attached hydrogens (primary N) is 1. The summed E-state index contributed by atoms with van der Waals surface area (Å²) in [5, 5.41) is 9.59. The molecule has 110 valence electrons. The second-order valence-corrected chi connectivity index (χ2v) is 5.89. The van der Waals surface area contributed by atoms with E-state index < -0.39 is 0 Å². The van der Waals surface area contributed by atoms with Crippen molar-refractivity contribution < 1.29 is 9.53 Å². The highest BCUT2D eigenvalue weighted by Gasteiger charge is 2.23. The van der Waals surface area contributed by atoms with Gasteiger partial charge in [-0.05, 0) is 25.1 Å². The molecule has 1 atom stereocenters. The van der Waals surface area contributed by atoms with E-state index in [4.69, 9.17) is 15.7 Å². The highest BCUT2D eigenvalue weighted by molar-refractivity contribution is 7.21. The molecule has 0 spiro atoms. The fourth-order valence-corrected chi connectivity index (χ4v) is 3.15. The zero-order valence-corrected chi connectivity index (χ0v) is 13.0. The van der Waals surface area contributed by atoms with E-state index in [0.717, 1.165) is 15.8 Å². The van der Waals surface area contributed by atoms with Gasteiger partial charge in [-0.1, -0.05) is 0 Å². The van der Waals surface area contributed by atoms with E-state index in [-0.39, 0.29) is 11.9 Å². The maximum Gasteiger partial charge on any atom is 0.266 e. The summed E-state index contributed by atoms with van der Waals surface area (Å²) in [4.78, 5) is 14.6. The number of nitrogens with zero attached hydrogens (tertiary/aromatic N) is 2. The Balaban J connectivity index is 2.40. The van der Waals surface area contributed by atoms with Crippen molar-refractivity contribution in [3.05, 3.63) is 23.1 Å². The third-order valence-electron chi connectivity index (χ3n) is 3.50. The summed E-state index contributed by atoms with van der Waals surface area (Å²) in [6.45, 7) is 1.84. The van der Waals surface area contributed by atoms with Crippen molar-refractivity contribution in [2.75, 3.05) is 19.9 Å². The third kappa shape index (κ3) is 2.78. The lowest BCUT2D eigenvalue weighted by molar-refractivity contribution is 0.0752. The lowest BCUT2D eigenvalue weighted by Crippen LogP contribution is -2.34. The second-order valence-electron chi connectivity index (χ2n) is 4.83. The van der Waals surface area contributed by atoms with Gasteiger partial charge in [-0.2, -0.15) is 5.26 Å². The maximum atomic E-state index is 12.5. The number of anilines is 1. The molecule has 6 heteroatoms. The van der Waals surface area contributed by atoms with Crippen molar-refractivity contribution in [1.29, 1.82) is 5.26 Å². The second kappa shape index (κ2) is 6.02. The van der Waals surface area contributed by atoms with Gasteiger partial charge in [0.05, 0.1) is 25.3 Å². The van der Waals surface area contributed by atoms with Gasteiger partial charge < -0.3 is 15.4 Å². The topological polar surface area (TPSA) is 79.3 Å². The Kier molecular flexibility index (Phi) is 4.34.